The lowest BCUT2D eigenvalue weighted by Gasteiger charge is -2.39. The molecule has 2 aromatic rings. The average molecular weight is 295 g/mol. The van der Waals surface area contributed by atoms with Gasteiger partial charge in [0, 0.05) is 41.6 Å². The SMILES string of the molecule is CC(C)n1cc2c3c(cccc31)C1=C[C@@H](CN)CN(C)[C@@H]1C2. The fraction of sp³-hybridized carbons (Fsp3) is 0.474. The van der Waals surface area contributed by atoms with Gasteiger partial charge >= 0.3 is 0 Å². The Morgan fingerprint density at radius 2 is 2.14 bits per heavy atom. The van der Waals surface area contributed by atoms with Gasteiger partial charge in [-0.1, -0.05) is 18.2 Å². The molecule has 3 nitrogen and oxygen atoms in total. The Kier molecular flexibility index (Phi) is 3.17. The first-order valence-corrected chi connectivity index (χ1v) is 8.35. The lowest BCUT2D eigenvalue weighted by Crippen LogP contribution is -2.44. The normalized spacial score (nSPS) is 24.7. The van der Waals surface area contributed by atoms with Crippen LogP contribution >= 0.6 is 0 Å². The molecule has 0 unspecified atom stereocenters. The highest BCUT2D eigenvalue weighted by Crippen LogP contribution is 2.42. The van der Waals surface area contributed by atoms with Crippen molar-refractivity contribution in [3.63, 3.8) is 0 Å². The lowest BCUT2D eigenvalue weighted by atomic mass is 9.80. The molecule has 22 heavy (non-hydrogen) atoms. The summed E-state index contributed by atoms with van der Waals surface area (Å²) in [5.74, 6) is 0.472. The van der Waals surface area contributed by atoms with Gasteiger partial charge in [-0.3, -0.25) is 4.90 Å². The van der Waals surface area contributed by atoms with Crippen molar-refractivity contribution < 1.29 is 0 Å². The lowest BCUT2D eigenvalue weighted by molar-refractivity contribution is 0.247. The maximum Gasteiger partial charge on any atom is 0.0491 e. The molecule has 1 aromatic heterocycles. The molecular formula is C19H25N3. The molecule has 4 rings (SSSR count). The highest BCUT2D eigenvalue weighted by atomic mass is 15.1. The van der Waals surface area contributed by atoms with Crippen LogP contribution in [0.4, 0.5) is 0 Å². The highest BCUT2D eigenvalue weighted by Gasteiger charge is 2.33. The van der Waals surface area contributed by atoms with Gasteiger partial charge in [-0.15, -0.1) is 0 Å². The Morgan fingerprint density at radius 3 is 2.86 bits per heavy atom. The summed E-state index contributed by atoms with van der Waals surface area (Å²) in [6.45, 7) is 6.32. The molecule has 2 atom stereocenters. The van der Waals surface area contributed by atoms with Crippen LogP contribution in [0.1, 0.15) is 31.0 Å². The summed E-state index contributed by atoms with van der Waals surface area (Å²) in [5, 5.41) is 1.46. The number of benzene rings is 1. The van der Waals surface area contributed by atoms with E-state index >= 15 is 0 Å². The number of fused-ring (bicyclic) bond motifs is 2. The number of hydrogen-bond acceptors (Lipinski definition) is 2. The number of rotatable bonds is 2. The minimum atomic E-state index is 0.472. The molecule has 0 fully saturated rings. The molecule has 116 valence electrons. The molecule has 1 aliphatic carbocycles. The van der Waals surface area contributed by atoms with Crippen LogP contribution in [0.2, 0.25) is 0 Å². The van der Waals surface area contributed by atoms with E-state index in [0.717, 1.165) is 19.5 Å². The van der Waals surface area contributed by atoms with Gasteiger partial charge in [0.1, 0.15) is 0 Å². The number of nitrogens with two attached hydrogens (primary N) is 1. The molecule has 0 saturated carbocycles. The largest absolute Gasteiger partial charge is 0.345 e. The first-order chi connectivity index (χ1) is 10.6. The van der Waals surface area contributed by atoms with E-state index in [-0.39, 0.29) is 0 Å². The number of nitrogens with zero attached hydrogens (tertiary/aromatic N) is 2. The third kappa shape index (κ3) is 1.89. The fourth-order valence-electron chi connectivity index (χ4n) is 4.26. The van der Waals surface area contributed by atoms with Gasteiger partial charge in [0.15, 0.2) is 0 Å². The fourth-order valence-corrected chi connectivity index (χ4v) is 4.26. The first kappa shape index (κ1) is 14.0. The zero-order valence-electron chi connectivity index (χ0n) is 13.7. The predicted molar refractivity (Wildman–Crippen MR) is 93.0 cm³/mol. The smallest absolute Gasteiger partial charge is 0.0491 e. The average Bonchev–Trinajstić information content (AvgIpc) is 2.89. The zero-order chi connectivity index (χ0) is 15.4. The minimum absolute atomic E-state index is 0.472. The molecule has 1 aromatic carbocycles. The zero-order valence-corrected chi connectivity index (χ0v) is 13.7. The molecule has 0 spiro atoms. The maximum atomic E-state index is 5.95. The van der Waals surface area contributed by atoms with Crippen LogP contribution in [0, 0.1) is 5.92 Å². The van der Waals surface area contributed by atoms with Gasteiger partial charge in [-0.05, 0) is 56.6 Å². The van der Waals surface area contributed by atoms with E-state index in [1.165, 1.54) is 27.6 Å². The molecule has 0 amide bonds. The predicted octanol–water partition coefficient (Wildman–Crippen LogP) is 3.05. The third-order valence-corrected chi connectivity index (χ3v) is 5.35. The molecule has 0 bridgehead atoms. The summed E-state index contributed by atoms with van der Waals surface area (Å²) in [4.78, 5) is 2.49. The summed E-state index contributed by atoms with van der Waals surface area (Å²) in [6.07, 6.45) is 5.93. The Morgan fingerprint density at radius 1 is 1.32 bits per heavy atom. The number of likely N-dealkylation sites (N-methyl/N-ethyl adjacent to an activating group) is 1. The van der Waals surface area contributed by atoms with Gasteiger partial charge in [0.2, 0.25) is 0 Å². The monoisotopic (exact) mass is 295 g/mol. The standard InChI is InChI=1S/C19H25N3/c1-12(2)22-11-14-8-18-16(7-13(9-20)10-21(18)3)15-5-4-6-17(22)19(14)15/h4-7,11-13,18H,8-10,20H2,1-3H3/t13-,18+/m0/s1. The second-order valence-corrected chi connectivity index (χ2v) is 7.13. The first-order valence-electron chi connectivity index (χ1n) is 8.35. The van der Waals surface area contributed by atoms with Crippen LogP contribution < -0.4 is 5.73 Å². The van der Waals surface area contributed by atoms with E-state index in [4.69, 9.17) is 5.73 Å². The molecule has 2 heterocycles. The Bertz CT molecular complexity index is 753. The van der Waals surface area contributed by atoms with Gasteiger partial charge in [-0.25, -0.2) is 0 Å². The van der Waals surface area contributed by atoms with Crippen molar-refractivity contribution >= 4 is 16.5 Å². The molecule has 0 saturated heterocycles. The van der Waals surface area contributed by atoms with E-state index in [2.05, 4.69) is 60.8 Å². The number of hydrogen-bond donors (Lipinski definition) is 1. The topological polar surface area (TPSA) is 34.2 Å². The van der Waals surface area contributed by atoms with Gasteiger partial charge in [0.05, 0.1) is 0 Å². The third-order valence-electron chi connectivity index (χ3n) is 5.35. The summed E-state index contributed by atoms with van der Waals surface area (Å²) in [6, 6.07) is 7.76. The van der Waals surface area contributed by atoms with Gasteiger partial charge < -0.3 is 10.3 Å². The van der Waals surface area contributed by atoms with E-state index in [1.807, 2.05) is 0 Å². The van der Waals surface area contributed by atoms with Crippen molar-refractivity contribution in [1.29, 1.82) is 0 Å². The van der Waals surface area contributed by atoms with Crippen molar-refractivity contribution in [3.8, 4) is 0 Å². The van der Waals surface area contributed by atoms with E-state index in [1.54, 1.807) is 0 Å². The summed E-state index contributed by atoms with van der Waals surface area (Å²) < 4.78 is 2.42. The Balaban J connectivity index is 1.97. The van der Waals surface area contributed by atoms with E-state index in [9.17, 15) is 0 Å². The summed E-state index contributed by atoms with van der Waals surface area (Å²) in [5.41, 5.74) is 11.7. The Hall–Kier alpha value is -1.58. The van der Waals surface area contributed by atoms with Gasteiger partial charge in [0.25, 0.3) is 0 Å². The van der Waals surface area contributed by atoms with E-state index in [0.29, 0.717) is 18.0 Å². The number of aromatic nitrogens is 1. The summed E-state index contributed by atoms with van der Waals surface area (Å²) in [7, 11) is 2.24. The minimum Gasteiger partial charge on any atom is -0.345 e. The van der Waals surface area contributed by atoms with Crippen LogP contribution in [-0.2, 0) is 6.42 Å². The molecule has 1 aliphatic heterocycles. The van der Waals surface area contributed by atoms with Crippen molar-refractivity contribution in [3.05, 3.63) is 41.6 Å². The molecular weight excluding hydrogens is 270 g/mol. The van der Waals surface area contributed by atoms with Gasteiger partial charge in [-0.2, -0.15) is 0 Å². The highest BCUT2D eigenvalue weighted by molar-refractivity contribution is 5.98. The molecule has 0 radical (unpaired) electrons. The van der Waals surface area contributed by atoms with Crippen LogP contribution in [-0.4, -0.2) is 35.6 Å². The molecule has 3 heteroatoms. The molecule has 2 N–H and O–H groups in total. The Labute approximate surface area is 132 Å². The second kappa shape index (κ2) is 4.97. The maximum absolute atomic E-state index is 5.95. The van der Waals surface area contributed by atoms with Crippen LogP contribution in [0.3, 0.4) is 0 Å². The van der Waals surface area contributed by atoms with Crippen molar-refractivity contribution in [1.82, 2.24) is 9.47 Å². The van der Waals surface area contributed by atoms with Crippen LogP contribution in [0.5, 0.6) is 0 Å². The van der Waals surface area contributed by atoms with Crippen molar-refractivity contribution in [2.75, 3.05) is 20.1 Å². The molecule has 2 aliphatic rings. The summed E-state index contributed by atoms with van der Waals surface area (Å²) >= 11 is 0. The van der Waals surface area contributed by atoms with E-state index < -0.39 is 0 Å². The van der Waals surface area contributed by atoms with Crippen molar-refractivity contribution in [2.45, 2.75) is 32.4 Å². The van der Waals surface area contributed by atoms with Crippen LogP contribution in [0.15, 0.2) is 30.5 Å². The second-order valence-electron chi connectivity index (χ2n) is 7.13. The quantitative estimate of drug-likeness (QED) is 0.924. The van der Waals surface area contributed by atoms with Crippen molar-refractivity contribution in [2.24, 2.45) is 11.7 Å². The van der Waals surface area contributed by atoms with Crippen LogP contribution in [0.25, 0.3) is 16.5 Å².